The van der Waals surface area contributed by atoms with Crippen molar-refractivity contribution in [2.75, 3.05) is 31.1 Å². The topological polar surface area (TPSA) is 84.7 Å². The van der Waals surface area contributed by atoms with E-state index in [2.05, 4.69) is 5.10 Å². The zero-order valence-electron chi connectivity index (χ0n) is 21.5. The maximum absolute atomic E-state index is 13.6. The quantitative estimate of drug-likeness (QED) is 0.387. The van der Waals surface area contributed by atoms with Crippen molar-refractivity contribution < 1.29 is 26.3 Å². The number of piperazine rings is 1. The van der Waals surface area contributed by atoms with Crippen molar-refractivity contribution in [3.8, 4) is 11.4 Å². The Morgan fingerprint density at radius 1 is 1.00 bits per heavy atom. The Morgan fingerprint density at radius 3 is 2.30 bits per heavy atom. The van der Waals surface area contributed by atoms with Gasteiger partial charge >= 0.3 is 11.7 Å². The Labute approximate surface area is 235 Å². The number of aromatic nitrogens is 2. The van der Waals surface area contributed by atoms with Crippen LogP contribution in [-0.4, -0.2) is 54.8 Å². The van der Waals surface area contributed by atoms with Gasteiger partial charge in [-0.2, -0.15) is 27.3 Å². The van der Waals surface area contributed by atoms with Crippen molar-refractivity contribution in [2.24, 2.45) is 0 Å². The van der Waals surface area contributed by atoms with Crippen LogP contribution < -0.4 is 15.2 Å². The summed E-state index contributed by atoms with van der Waals surface area (Å²) in [5, 5.41) is 4.82. The van der Waals surface area contributed by atoms with Crippen molar-refractivity contribution >= 4 is 27.3 Å². The third kappa shape index (κ3) is 6.29. The van der Waals surface area contributed by atoms with Crippen LogP contribution in [-0.2, 0) is 22.0 Å². The fourth-order valence-electron chi connectivity index (χ4n) is 5.03. The SMILES string of the molecule is O=c1c(OC2CCCC2)c(N2CCN(S(=O)(=O)Cc3ccc(C(F)(F)F)cc3)CC2)cnn1-c1cccc(Cl)c1. The zero-order chi connectivity index (χ0) is 28.5. The molecule has 40 heavy (non-hydrogen) atoms. The van der Waals surface area contributed by atoms with Crippen molar-refractivity contribution in [2.45, 2.75) is 43.7 Å². The molecule has 0 bridgehead atoms. The number of anilines is 1. The zero-order valence-corrected chi connectivity index (χ0v) is 23.1. The van der Waals surface area contributed by atoms with Gasteiger partial charge in [0.1, 0.15) is 5.69 Å². The second-order valence-corrected chi connectivity index (χ2v) is 12.3. The number of halogens is 4. The van der Waals surface area contributed by atoms with Gasteiger partial charge in [0.2, 0.25) is 15.8 Å². The minimum atomic E-state index is -4.49. The molecule has 2 fully saturated rings. The first kappa shape index (κ1) is 28.4. The summed E-state index contributed by atoms with van der Waals surface area (Å²) in [6.07, 6.45) is 0.692. The summed E-state index contributed by atoms with van der Waals surface area (Å²) in [5.41, 5.74) is 0.0128. The number of hydrogen-bond donors (Lipinski definition) is 0. The summed E-state index contributed by atoms with van der Waals surface area (Å²) in [7, 11) is -3.77. The largest absolute Gasteiger partial charge is 0.483 e. The van der Waals surface area contributed by atoms with Crippen LogP contribution in [0, 0.1) is 0 Å². The van der Waals surface area contributed by atoms with Crippen LogP contribution in [0.4, 0.5) is 18.9 Å². The van der Waals surface area contributed by atoms with Gasteiger partial charge in [0, 0.05) is 31.2 Å². The van der Waals surface area contributed by atoms with E-state index in [4.69, 9.17) is 16.3 Å². The van der Waals surface area contributed by atoms with E-state index in [0.29, 0.717) is 16.4 Å². The minimum Gasteiger partial charge on any atom is -0.483 e. The van der Waals surface area contributed by atoms with Crippen molar-refractivity contribution in [3.05, 3.63) is 81.2 Å². The number of hydrogen-bond acceptors (Lipinski definition) is 6. The minimum absolute atomic E-state index is 0.0907. The molecule has 8 nitrogen and oxygen atoms in total. The number of alkyl halides is 3. The molecule has 2 heterocycles. The smallest absolute Gasteiger partial charge is 0.416 e. The van der Waals surface area contributed by atoms with Crippen LogP contribution in [0.1, 0.15) is 36.8 Å². The molecule has 2 aromatic carbocycles. The third-order valence-electron chi connectivity index (χ3n) is 7.16. The van der Waals surface area contributed by atoms with E-state index in [1.807, 2.05) is 4.90 Å². The standard InChI is InChI=1S/C27H28ClF3N4O4S/c28-21-4-3-5-22(16-21)35-26(36)25(39-23-6-1-2-7-23)24(17-32-35)33-12-14-34(15-13-33)40(37,38)18-19-8-10-20(11-9-19)27(29,30)31/h3-5,8-11,16-17,23H,1-2,6-7,12-15,18H2. The molecule has 1 saturated carbocycles. The van der Waals surface area contributed by atoms with Crippen LogP contribution in [0.15, 0.2) is 59.5 Å². The lowest BCUT2D eigenvalue weighted by atomic mass is 10.1. The van der Waals surface area contributed by atoms with Gasteiger partial charge in [0.05, 0.1) is 29.3 Å². The van der Waals surface area contributed by atoms with E-state index in [9.17, 15) is 26.4 Å². The predicted molar refractivity (Wildman–Crippen MR) is 146 cm³/mol. The van der Waals surface area contributed by atoms with Crippen LogP contribution >= 0.6 is 11.6 Å². The second-order valence-electron chi connectivity index (χ2n) is 9.92. The lowest BCUT2D eigenvalue weighted by Crippen LogP contribution is -2.49. The molecule has 13 heteroatoms. The van der Waals surface area contributed by atoms with Crippen LogP contribution in [0.5, 0.6) is 5.75 Å². The predicted octanol–water partition coefficient (Wildman–Crippen LogP) is 4.88. The molecule has 5 rings (SSSR count). The first-order valence-corrected chi connectivity index (χ1v) is 14.9. The van der Waals surface area contributed by atoms with E-state index >= 15 is 0 Å². The molecule has 0 N–H and O–H groups in total. The number of rotatable bonds is 7. The Morgan fingerprint density at radius 2 is 1.68 bits per heavy atom. The maximum Gasteiger partial charge on any atom is 0.416 e. The summed E-state index contributed by atoms with van der Waals surface area (Å²) in [5.74, 6) is -0.235. The van der Waals surface area contributed by atoms with Gasteiger partial charge < -0.3 is 9.64 Å². The lowest BCUT2D eigenvalue weighted by Gasteiger charge is -2.36. The summed E-state index contributed by atoms with van der Waals surface area (Å²) in [6.45, 7) is 0.859. The van der Waals surface area contributed by atoms with E-state index in [1.54, 1.807) is 30.5 Å². The van der Waals surface area contributed by atoms with Crippen LogP contribution in [0.2, 0.25) is 5.02 Å². The average molecular weight is 597 g/mol. The van der Waals surface area contributed by atoms with Gasteiger partial charge in [-0.1, -0.05) is 29.8 Å². The molecule has 0 unspecified atom stereocenters. The van der Waals surface area contributed by atoms with E-state index in [0.717, 1.165) is 37.8 Å². The maximum atomic E-state index is 13.6. The number of sulfonamides is 1. The Balaban J connectivity index is 1.34. The van der Waals surface area contributed by atoms with Crippen LogP contribution in [0.3, 0.4) is 0 Å². The molecule has 0 amide bonds. The van der Waals surface area contributed by atoms with Crippen molar-refractivity contribution in [1.29, 1.82) is 0 Å². The molecule has 2 aliphatic rings. The molecule has 0 atom stereocenters. The Bertz CT molecular complexity index is 1520. The highest BCUT2D eigenvalue weighted by molar-refractivity contribution is 7.88. The van der Waals surface area contributed by atoms with Crippen molar-refractivity contribution in [1.82, 2.24) is 14.1 Å². The van der Waals surface area contributed by atoms with E-state index in [1.165, 1.54) is 21.1 Å². The monoisotopic (exact) mass is 596 g/mol. The number of nitrogens with zero attached hydrogens (tertiary/aromatic N) is 4. The highest BCUT2D eigenvalue weighted by Gasteiger charge is 2.32. The number of benzene rings is 2. The summed E-state index contributed by atoms with van der Waals surface area (Å²) in [4.78, 5) is 15.5. The van der Waals surface area contributed by atoms with Gasteiger partial charge in [-0.3, -0.25) is 4.79 Å². The fourth-order valence-corrected chi connectivity index (χ4v) is 6.73. The number of ether oxygens (including phenoxy) is 1. The average Bonchev–Trinajstić information content (AvgIpc) is 3.43. The molecule has 1 saturated heterocycles. The summed E-state index contributed by atoms with van der Waals surface area (Å²) < 4.78 is 73.4. The second kappa shape index (κ2) is 11.4. The first-order valence-electron chi connectivity index (χ1n) is 12.9. The molecule has 1 aromatic heterocycles. The van der Waals surface area contributed by atoms with Gasteiger partial charge in [-0.25, -0.2) is 8.42 Å². The van der Waals surface area contributed by atoms with E-state index < -0.39 is 33.1 Å². The molecule has 0 radical (unpaired) electrons. The molecular formula is C27H28ClF3N4O4S. The van der Waals surface area contributed by atoms with Crippen LogP contribution in [0.25, 0.3) is 5.69 Å². The van der Waals surface area contributed by atoms with Crippen molar-refractivity contribution in [3.63, 3.8) is 0 Å². The molecule has 214 valence electrons. The molecule has 3 aromatic rings. The third-order valence-corrected chi connectivity index (χ3v) is 9.24. The molecular weight excluding hydrogens is 569 g/mol. The highest BCUT2D eigenvalue weighted by Crippen LogP contribution is 2.32. The highest BCUT2D eigenvalue weighted by atomic mass is 35.5. The Kier molecular flexibility index (Phi) is 8.12. The summed E-state index contributed by atoms with van der Waals surface area (Å²) in [6, 6.07) is 10.9. The first-order chi connectivity index (χ1) is 19.0. The molecule has 1 aliphatic carbocycles. The van der Waals surface area contributed by atoms with Gasteiger partial charge in [0.25, 0.3) is 0 Å². The van der Waals surface area contributed by atoms with E-state index in [-0.39, 0.29) is 43.6 Å². The Hall–Kier alpha value is -3.09. The normalized spacial score (nSPS) is 17.4. The fraction of sp³-hybridized carbons (Fsp3) is 0.407. The molecule has 0 spiro atoms. The molecule has 1 aliphatic heterocycles. The van der Waals surface area contributed by atoms with Gasteiger partial charge in [-0.05, 0) is 61.6 Å². The van der Waals surface area contributed by atoms with Gasteiger partial charge in [0.15, 0.2) is 0 Å². The summed E-state index contributed by atoms with van der Waals surface area (Å²) >= 11 is 6.12. The van der Waals surface area contributed by atoms with Gasteiger partial charge in [-0.15, -0.1) is 0 Å². The lowest BCUT2D eigenvalue weighted by molar-refractivity contribution is -0.137.